The van der Waals surface area contributed by atoms with Crippen LogP contribution in [0.3, 0.4) is 0 Å². The van der Waals surface area contributed by atoms with Gasteiger partial charge in [0.25, 0.3) is 5.91 Å². The van der Waals surface area contributed by atoms with Gasteiger partial charge in [0.2, 0.25) is 0 Å². The Kier molecular flexibility index (Phi) is 6.19. The number of amides is 1. The molecule has 1 fully saturated rings. The molecule has 23 heavy (non-hydrogen) atoms. The van der Waals surface area contributed by atoms with Gasteiger partial charge < -0.3 is 15.2 Å². The first-order valence-corrected chi connectivity index (χ1v) is 7.78. The second-order valence-electron chi connectivity index (χ2n) is 5.74. The van der Waals surface area contributed by atoms with E-state index in [1.165, 1.54) is 0 Å². The van der Waals surface area contributed by atoms with Crippen LogP contribution in [0.25, 0.3) is 0 Å². The highest BCUT2D eigenvalue weighted by molar-refractivity contribution is 5.92. The van der Waals surface area contributed by atoms with E-state index in [1.54, 1.807) is 11.0 Å². The molecule has 1 heterocycles. The highest BCUT2D eigenvalue weighted by atomic mass is 35.5. The summed E-state index contributed by atoms with van der Waals surface area (Å²) in [4.78, 5) is 14.5. The number of carbonyl (C=O) groups is 1. The van der Waals surface area contributed by atoms with Gasteiger partial charge in [-0.15, -0.1) is 12.4 Å². The third-order valence-corrected chi connectivity index (χ3v) is 3.86. The number of benzene rings is 1. The third-order valence-electron chi connectivity index (χ3n) is 3.86. The van der Waals surface area contributed by atoms with Crippen molar-refractivity contribution < 1.29 is 9.32 Å². The summed E-state index contributed by atoms with van der Waals surface area (Å²) < 4.78 is 5.29. The lowest BCUT2D eigenvalue weighted by molar-refractivity contribution is 0.0731. The minimum atomic E-state index is -0.0899. The van der Waals surface area contributed by atoms with Crippen molar-refractivity contribution in [2.45, 2.75) is 31.7 Å². The molecule has 2 N–H and O–H groups in total. The molecule has 1 aliphatic rings. The molecule has 5 nitrogen and oxygen atoms in total. The Balaban J connectivity index is 0.00000192. The predicted molar refractivity (Wildman–Crippen MR) is 90.6 cm³/mol. The van der Waals surface area contributed by atoms with E-state index < -0.39 is 0 Å². The number of nitrogens with zero attached hydrogens (tertiary/aromatic N) is 2. The van der Waals surface area contributed by atoms with Gasteiger partial charge in [0.05, 0.1) is 0 Å². The SMILES string of the molecule is Cl.NCCCN(Cc1ccccc1)C(=O)c1cc(C2CC2)on1. The fourth-order valence-electron chi connectivity index (χ4n) is 2.45. The van der Waals surface area contributed by atoms with Crippen LogP contribution < -0.4 is 5.73 Å². The molecule has 0 radical (unpaired) electrons. The zero-order valence-corrected chi connectivity index (χ0v) is 13.8. The molecule has 3 rings (SSSR count). The third kappa shape index (κ3) is 4.56. The Bertz CT molecular complexity index is 626. The van der Waals surface area contributed by atoms with Crippen LogP contribution in [0.4, 0.5) is 0 Å². The molecule has 1 saturated carbocycles. The minimum Gasteiger partial charge on any atom is -0.360 e. The molecular formula is C17H22ClN3O2. The van der Waals surface area contributed by atoms with E-state index in [0.29, 0.717) is 31.2 Å². The van der Waals surface area contributed by atoms with E-state index in [1.807, 2.05) is 30.3 Å². The van der Waals surface area contributed by atoms with E-state index in [2.05, 4.69) is 5.16 Å². The Morgan fingerprint density at radius 1 is 1.30 bits per heavy atom. The molecule has 0 spiro atoms. The van der Waals surface area contributed by atoms with Gasteiger partial charge in [-0.3, -0.25) is 4.79 Å². The lowest BCUT2D eigenvalue weighted by atomic mass is 10.2. The van der Waals surface area contributed by atoms with E-state index in [4.69, 9.17) is 10.3 Å². The van der Waals surface area contributed by atoms with Gasteiger partial charge in [-0.2, -0.15) is 0 Å². The lowest BCUT2D eigenvalue weighted by Gasteiger charge is -2.21. The first kappa shape index (κ1) is 17.5. The van der Waals surface area contributed by atoms with Gasteiger partial charge in [-0.05, 0) is 31.4 Å². The Labute approximate surface area is 142 Å². The molecule has 124 valence electrons. The van der Waals surface area contributed by atoms with Crippen molar-refractivity contribution in [1.29, 1.82) is 0 Å². The fourth-order valence-corrected chi connectivity index (χ4v) is 2.45. The molecule has 0 bridgehead atoms. The maximum absolute atomic E-state index is 12.7. The Morgan fingerprint density at radius 3 is 2.70 bits per heavy atom. The summed E-state index contributed by atoms with van der Waals surface area (Å²) in [5, 5.41) is 3.95. The number of halogens is 1. The topological polar surface area (TPSA) is 72.4 Å². The highest BCUT2D eigenvalue weighted by Gasteiger charge is 2.29. The molecule has 2 aromatic rings. The normalized spacial score (nSPS) is 13.4. The second kappa shape index (κ2) is 8.13. The average molecular weight is 336 g/mol. The molecule has 0 atom stereocenters. The first-order chi connectivity index (χ1) is 10.8. The van der Waals surface area contributed by atoms with Crippen LogP contribution in [0.2, 0.25) is 0 Å². The smallest absolute Gasteiger partial charge is 0.276 e. The maximum atomic E-state index is 12.7. The summed E-state index contributed by atoms with van der Waals surface area (Å²) in [6.07, 6.45) is 3.03. The maximum Gasteiger partial charge on any atom is 0.276 e. The van der Waals surface area contributed by atoms with Crippen LogP contribution in [-0.4, -0.2) is 29.1 Å². The largest absolute Gasteiger partial charge is 0.360 e. The lowest BCUT2D eigenvalue weighted by Crippen LogP contribution is -2.32. The van der Waals surface area contributed by atoms with Crippen molar-refractivity contribution in [3.8, 4) is 0 Å². The van der Waals surface area contributed by atoms with Crippen molar-refractivity contribution in [3.05, 3.63) is 53.4 Å². The van der Waals surface area contributed by atoms with Crippen LogP contribution >= 0.6 is 12.4 Å². The summed E-state index contributed by atoms with van der Waals surface area (Å²) >= 11 is 0. The number of hydrogen-bond donors (Lipinski definition) is 1. The minimum absolute atomic E-state index is 0. The first-order valence-electron chi connectivity index (χ1n) is 7.78. The number of carbonyl (C=O) groups excluding carboxylic acids is 1. The summed E-state index contributed by atoms with van der Waals surface area (Å²) in [6.45, 7) is 1.74. The zero-order chi connectivity index (χ0) is 15.4. The van der Waals surface area contributed by atoms with Gasteiger partial charge in [0.15, 0.2) is 5.69 Å². The number of hydrogen-bond acceptors (Lipinski definition) is 4. The summed E-state index contributed by atoms with van der Waals surface area (Å²) in [6, 6.07) is 11.7. The molecule has 1 aliphatic carbocycles. The van der Waals surface area contributed by atoms with Crippen molar-refractivity contribution >= 4 is 18.3 Å². The molecular weight excluding hydrogens is 314 g/mol. The van der Waals surface area contributed by atoms with Gasteiger partial charge in [0, 0.05) is 25.1 Å². The quantitative estimate of drug-likeness (QED) is 0.844. The van der Waals surface area contributed by atoms with Crippen LogP contribution in [-0.2, 0) is 6.54 Å². The van der Waals surface area contributed by atoms with Crippen molar-refractivity contribution in [1.82, 2.24) is 10.1 Å². The number of aromatic nitrogens is 1. The van der Waals surface area contributed by atoms with Crippen molar-refractivity contribution in [2.75, 3.05) is 13.1 Å². The molecule has 0 unspecified atom stereocenters. The summed E-state index contributed by atoms with van der Waals surface area (Å²) in [5.74, 6) is 1.20. The van der Waals surface area contributed by atoms with E-state index in [-0.39, 0.29) is 18.3 Å². The Hall–Kier alpha value is -1.85. The van der Waals surface area contributed by atoms with E-state index >= 15 is 0 Å². The van der Waals surface area contributed by atoms with Crippen molar-refractivity contribution in [2.24, 2.45) is 5.73 Å². The van der Waals surface area contributed by atoms with Gasteiger partial charge in [0.1, 0.15) is 5.76 Å². The second-order valence-corrected chi connectivity index (χ2v) is 5.74. The van der Waals surface area contributed by atoms with Crippen molar-refractivity contribution in [3.63, 3.8) is 0 Å². The molecule has 0 aliphatic heterocycles. The predicted octanol–water partition coefficient (Wildman–Crippen LogP) is 2.97. The highest BCUT2D eigenvalue weighted by Crippen LogP contribution is 2.40. The summed E-state index contributed by atoms with van der Waals surface area (Å²) in [5.41, 5.74) is 7.08. The average Bonchev–Trinajstić information content (AvgIpc) is 3.29. The standard InChI is InChI=1S/C17H21N3O2.ClH/c18-9-4-10-20(12-13-5-2-1-3-6-13)17(21)15-11-16(22-19-15)14-7-8-14;/h1-3,5-6,11,14H,4,7-10,12,18H2;1H. The summed E-state index contributed by atoms with van der Waals surface area (Å²) in [7, 11) is 0. The van der Waals surface area contributed by atoms with Gasteiger partial charge >= 0.3 is 0 Å². The van der Waals surface area contributed by atoms with E-state index in [0.717, 1.165) is 30.6 Å². The molecule has 1 aromatic heterocycles. The molecule has 6 heteroatoms. The fraction of sp³-hybridized carbons (Fsp3) is 0.412. The number of nitrogens with two attached hydrogens (primary N) is 1. The van der Waals surface area contributed by atoms with Crippen LogP contribution in [0.1, 0.15) is 47.0 Å². The number of rotatable bonds is 7. The molecule has 0 saturated heterocycles. The van der Waals surface area contributed by atoms with Crippen LogP contribution in [0.5, 0.6) is 0 Å². The molecule has 1 amide bonds. The zero-order valence-electron chi connectivity index (χ0n) is 13.0. The monoisotopic (exact) mass is 335 g/mol. The van der Waals surface area contributed by atoms with Crippen LogP contribution in [0, 0.1) is 0 Å². The Morgan fingerprint density at radius 2 is 2.04 bits per heavy atom. The van der Waals surface area contributed by atoms with E-state index in [9.17, 15) is 4.79 Å². The van der Waals surface area contributed by atoms with Gasteiger partial charge in [-0.1, -0.05) is 35.5 Å². The molecule has 1 aromatic carbocycles. The van der Waals surface area contributed by atoms with Gasteiger partial charge in [-0.25, -0.2) is 0 Å². The van der Waals surface area contributed by atoms with Crippen LogP contribution in [0.15, 0.2) is 40.9 Å².